The number of aryl methyl sites for hydroxylation is 2. The monoisotopic (exact) mass is 473 g/mol. The van der Waals surface area contributed by atoms with Gasteiger partial charge in [-0.05, 0) is 66.9 Å². The Labute approximate surface area is 204 Å². The highest BCUT2D eigenvalue weighted by molar-refractivity contribution is 5.98. The van der Waals surface area contributed by atoms with Gasteiger partial charge in [0.1, 0.15) is 11.6 Å². The summed E-state index contributed by atoms with van der Waals surface area (Å²) in [5.74, 6) is 0.114. The lowest BCUT2D eigenvalue weighted by Gasteiger charge is -2.50. The molecule has 5 rings (SSSR count). The maximum absolute atomic E-state index is 13.6. The minimum absolute atomic E-state index is 0.121. The van der Waals surface area contributed by atoms with Crippen LogP contribution in [-0.2, 0) is 6.54 Å². The second-order valence-electron chi connectivity index (χ2n) is 9.28. The van der Waals surface area contributed by atoms with Gasteiger partial charge >= 0.3 is 6.03 Å². The number of anilines is 1. The summed E-state index contributed by atoms with van der Waals surface area (Å²) >= 11 is 0. The quantitative estimate of drug-likeness (QED) is 0.546. The van der Waals surface area contributed by atoms with Crippen molar-refractivity contribution < 1.29 is 18.7 Å². The van der Waals surface area contributed by atoms with Crippen LogP contribution in [0.4, 0.5) is 14.9 Å². The first-order chi connectivity index (χ1) is 16.8. The molecule has 180 valence electrons. The molecule has 35 heavy (non-hydrogen) atoms. The summed E-state index contributed by atoms with van der Waals surface area (Å²) in [5.41, 5.74) is 3.49. The highest BCUT2D eigenvalue weighted by Gasteiger charge is 2.49. The molecule has 0 bridgehead atoms. The van der Waals surface area contributed by atoms with Gasteiger partial charge in [0.2, 0.25) is 0 Å². The third-order valence-electron chi connectivity index (χ3n) is 7.00. The van der Waals surface area contributed by atoms with Crippen LogP contribution in [0.2, 0.25) is 0 Å². The number of hydrogen-bond acceptors (Lipinski definition) is 3. The molecule has 2 heterocycles. The molecule has 1 spiro atoms. The fourth-order valence-corrected chi connectivity index (χ4v) is 4.76. The standard InChI is InChI=1S/C28H28FN3O3/c1-19-7-12-23(17-20(19)2)30-27(34)31-15-13-28(14-16-31)32(18-21-8-10-22(29)11-9-21)26(33)24-5-3-4-6-25(24)35-28/h3-12,17H,13-16,18H2,1-2H3,(H,30,34). The lowest BCUT2D eigenvalue weighted by Crippen LogP contribution is -2.63. The van der Waals surface area contributed by atoms with Crippen LogP contribution in [0.1, 0.15) is 39.9 Å². The SMILES string of the molecule is Cc1ccc(NC(=O)N2CCC3(CC2)Oc2ccccc2C(=O)N3Cc2ccc(F)cc2)cc1C. The van der Waals surface area contributed by atoms with Crippen molar-refractivity contribution in [3.8, 4) is 5.75 Å². The fourth-order valence-electron chi connectivity index (χ4n) is 4.76. The number of rotatable bonds is 3. The number of urea groups is 1. The molecule has 0 aliphatic carbocycles. The lowest BCUT2D eigenvalue weighted by atomic mass is 9.93. The van der Waals surface area contributed by atoms with Crippen molar-refractivity contribution in [3.05, 3.63) is 94.8 Å². The maximum Gasteiger partial charge on any atom is 0.321 e. The summed E-state index contributed by atoms with van der Waals surface area (Å²) in [5, 5.41) is 2.98. The Morgan fingerprint density at radius 2 is 1.71 bits per heavy atom. The van der Waals surface area contributed by atoms with Gasteiger partial charge in [-0.2, -0.15) is 0 Å². The summed E-state index contributed by atoms with van der Waals surface area (Å²) in [6.45, 7) is 5.22. The van der Waals surface area contributed by atoms with Crippen molar-refractivity contribution in [2.75, 3.05) is 18.4 Å². The Morgan fingerprint density at radius 1 is 1.00 bits per heavy atom. The molecule has 3 amide bonds. The van der Waals surface area contributed by atoms with E-state index in [1.807, 2.05) is 50.2 Å². The van der Waals surface area contributed by atoms with Crippen molar-refractivity contribution in [2.24, 2.45) is 0 Å². The third kappa shape index (κ3) is 4.46. The van der Waals surface area contributed by atoms with Crippen LogP contribution in [-0.4, -0.2) is 40.6 Å². The van der Waals surface area contributed by atoms with Crippen molar-refractivity contribution in [1.29, 1.82) is 0 Å². The number of nitrogens with zero attached hydrogens (tertiary/aromatic N) is 2. The zero-order valence-corrected chi connectivity index (χ0v) is 19.9. The van der Waals surface area contributed by atoms with Crippen LogP contribution in [0.25, 0.3) is 0 Å². The molecule has 2 aliphatic rings. The second-order valence-corrected chi connectivity index (χ2v) is 9.28. The van der Waals surface area contributed by atoms with Gasteiger partial charge in [-0.3, -0.25) is 9.69 Å². The normalized spacial score (nSPS) is 16.6. The third-order valence-corrected chi connectivity index (χ3v) is 7.00. The molecule has 0 atom stereocenters. The van der Waals surface area contributed by atoms with Gasteiger partial charge in [-0.15, -0.1) is 0 Å². The van der Waals surface area contributed by atoms with Crippen LogP contribution in [0.15, 0.2) is 66.7 Å². The molecule has 0 saturated carbocycles. The molecule has 3 aromatic rings. The Bertz CT molecular complexity index is 1270. The summed E-state index contributed by atoms with van der Waals surface area (Å²) in [6, 6.07) is 19.1. The van der Waals surface area contributed by atoms with Crippen molar-refractivity contribution in [1.82, 2.24) is 9.80 Å². The van der Waals surface area contributed by atoms with E-state index in [9.17, 15) is 14.0 Å². The van der Waals surface area contributed by atoms with Crippen LogP contribution in [0.5, 0.6) is 5.75 Å². The predicted octanol–water partition coefficient (Wildman–Crippen LogP) is 5.50. The second kappa shape index (κ2) is 9.06. The zero-order chi connectivity index (χ0) is 24.6. The Balaban J connectivity index is 1.36. The first-order valence-corrected chi connectivity index (χ1v) is 11.8. The van der Waals surface area contributed by atoms with E-state index >= 15 is 0 Å². The molecule has 0 unspecified atom stereocenters. The number of carbonyl (C=O) groups is 2. The van der Waals surface area contributed by atoms with Gasteiger partial charge in [-0.1, -0.05) is 30.3 Å². The predicted molar refractivity (Wildman–Crippen MR) is 132 cm³/mol. The van der Waals surface area contributed by atoms with E-state index in [0.29, 0.717) is 43.8 Å². The number of nitrogens with one attached hydrogen (secondary N) is 1. The molecule has 2 aliphatic heterocycles. The molecule has 3 aromatic carbocycles. The number of benzene rings is 3. The summed E-state index contributed by atoms with van der Waals surface area (Å²) in [7, 11) is 0. The first-order valence-electron chi connectivity index (χ1n) is 11.8. The molecular formula is C28H28FN3O3. The minimum Gasteiger partial charge on any atom is -0.467 e. The fraction of sp³-hybridized carbons (Fsp3) is 0.286. The number of carbonyl (C=O) groups excluding carboxylic acids is 2. The molecule has 1 N–H and O–H groups in total. The van der Waals surface area contributed by atoms with Crippen LogP contribution in [0, 0.1) is 19.7 Å². The van der Waals surface area contributed by atoms with Crippen molar-refractivity contribution in [2.45, 2.75) is 39.0 Å². The van der Waals surface area contributed by atoms with Gasteiger partial charge in [0.15, 0.2) is 5.72 Å². The molecule has 1 fully saturated rings. The number of halogens is 1. The lowest BCUT2D eigenvalue weighted by molar-refractivity contribution is -0.109. The summed E-state index contributed by atoms with van der Waals surface area (Å²) in [4.78, 5) is 30.0. The molecule has 0 aromatic heterocycles. The van der Waals surface area contributed by atoms with E-state index < -0.39 is 5.72 Å². The van der Waals surface area contributed by atoms with Gasteiger partial charge in [0.05, 0.1) is 5.56 Å². The maximum atomic E-state index is 13.6. The van der Waals surface area contributed by atoms with Crippen LogP contribution < -0.4 is 10.1 Å². The first kappa shape index (κ1) is 22.9. The molecule has 0 radical (unpaired) electrons. The number of amides is 3. The molecule has 6 nitrogen and oxygen atoms in total. The zero-order valence-electron chi connectivity index (χ0n) is 19.9. The Hall–Kier alpha value is -3.87. The van der Waals surface area contributed by atoms with Crippen LogP contribution >= 0.6 is 0 Å². The number of fused-ring (bicyclic) bond motifs is 1. The number of para-hydroxylation sites is 1. The largest absolute Gasteiger partial charge is 0.467 e. The van der Waals surface area contributed by atoms with E-state index in [0.717, 1.165) is 16.8 Å². The van der Waals surface area contributed by atoms with E-state index in [-0.39, 0.29) is 17.8 Å². The average molecular weight is 474 g/mol. The summed E-state index contributed by atoms with van der Waals surface area (Å²) < 4.78 is 19.9. The van der Waals surface area contributed by atoms with E-state index in [1.165, 1.54) is 17.7 Å². The highest BCUT2D eigenvalue weighted by atomic mass is 19.1. The average Bonchev–Trinajstić information content (AvgIpc) is 2.86. The molecule has 7 heteroatoms. The summed E-state index contributed by atoms with van der Waals surface area (Å²) in [6.07, 6.45) is 0.934. The Morgan fingerprint density at radius 3 is 2.43 bits per heavy atom. The highest BCUT2D eigenvalue weighted by Crippen LogP contribution is 2.40. The van der Waals surface area contributed by atoms with Crippen molar-refractivity contribution in [3.63, 3.8) is 0 Å². The van der Waals surface area contributed by atoms with Crippen LogP contribution in [0.3, 0.4) is 0 Å². The number of hydrogen-bond donors (Lipinski definition) is 1. The van der Waals surface area contributed by atoms with Gasteiger partial charge < -0.3 is 15.0 Å². The van der Waals surface area contributed by atoms with Crippen molar-refractivity contribution >= 4 is 17.6 Å². The smallest absolute Gasteiger partial charge is 0.321 e. The van der Waals surface area contributed by atoms with Gasteiger partial charge in [0, 0.05) is 38.2 Å². The van der Waals surface area contributed by atoms with E-state index in [4.69, 9.17) is 4.74 Å². The van der Waals surface area contributed by atoms with Gasteiger partial charge in [0.25, 0.3) is 5.91 Å². The van der Waals surface area contributed by atoms with E-state index in [1.54, 1.807) is 28.0 Å². The minimum atomic E-state index is -0.878. The number of ether oxygens (including phenoxy) is 1. The number of piperidine rings is 1. The van der Waals surface area contributed by atoms with E-state index in [2.05, 4.69) is 5.32 Å². The molecule has 1 saturated heterocycles. The van der Waals surface area contributed by atoms with Gasteiger partial charge in [-0.25, -0.2) is 9.18 Å². The number of likely N-dealkylation sites (tertiary alicyclic amines) is 1. The topological polar surface area (TPSA) is 61.9 Å². The molecular weight excluding hydrogens is 445 g/mol. The Kier molecular flexibility index (Phi) is 5.93.